The quantitative estimate of drug-likeness (QED) is 0.488. The zero-order valence-corrected chi connectivity index (χ0v) is 9.30. The Kier molecular flexibility index (Phi) is 2.60. The molecule has 2 amide bonds. The van der Waals surface area contributed by atoms with Gasteiger partial charge in [-0.05, 0) is 18.2 Å². The number of urea groups is 1. The number of amides is 2. The third kappa shape index (κ3) is 3.06. The predicted octanol–water partition coefficient (Wildman–Crippen LogP) is 4.18. The lowest BCUT2D eigenvalue weighted by Crippen LogP contribution is -2.30. The van der Waals surface area contributed by atoms with Crippen LogP contribution < -0.4 is 10.7 Å². The van der Waals surface area contributed by atoms with E-state index in [-0.39, 0.29) is 17.1 Å². The van der Waals surface area contributed by atoms with Crippen molar-refractivity contribution in [3.8, 4) is 0 Å². The van der Waals surface area contributed by atoms with E-state index in [1.54, 1.807) is 0 Å². The molecule has 0 fully saturated rings. The Morgan fingerprint density at radius 2 is 1.83 bits per heavy atom. The largest absolute Gasteiger partial charge is 0.350 e. The molecule has 102 valence electrons. The lowest BCUT2D eigenvalue weighted by Gasteiger charge is -2.40. The molecule has 1 aromatic rings. The zero-order valence-electron chi connectivity index (χ0n) is 8.49. The van der Waals surface area contributed by atoms with Gasteiger partial charge in [0.2, 0.25) is 0 Å². The standard InChI is InChI=1S/C7H7F5N4OS/c8-18(9,10,11,12)6-3-1-2-5(4-6)16(15-14)7(13)17/h1-4,14H,(H2,13,17). The summed E-state index contributed by atoms with van der Waals surface area (Å²) < 4.78 is 62.4. The maximum Gasteiger partial charge on any atom is 0.341 e. The van der Waals surface area contributed by atoms with Crippen LogP contribution >= 0.6 is 10.2 Å². The van der Waals surface area contributed by atoms with Crippen LogP contribution in [0, 0.1) is 5.53 Å². The van der Waals surface area contributed by atoms with E-state index in [2.05, 4.69) is 5.22 Å². The second-order valence-corrected chi connectivity index (χ2v) is 5.63. The second kappa shape index (κ2) is 3.31. The van der Waals surface area contributed by atoms with Crippen molar-refractivity contribution < 1.29 is 24.2 Å². The Bertz CT molecular complexity index is 516. The van der Waals surface area contributed by atoms with Crippen LogP contribution in [0.1, 0.15) is 0 Å². The normalized spacial score (nSPS) is 15.4. The molecule has 3 N–H and O–H groups in total. The Labute approximate surface area is 97.6 Å². The lowest BCUT2D eigenvalue weighted by atomic mass is 10.3. The Morgan fingerprint density at radius 1 is 1.28 bits per heavy atom. The first-order valence-corrected chi connectivity index (χ1v) is 6.11. The van der Waals surface area contributed by atoms with Gasteiger partial charge in [-0.1, -0.05) is 30.7 Å². The number of nitrogens with one attached hydrogen (secondary N) is 1. The first-order valence-electron chi connectivity index (χ1n) is 4.16. The molecule has 11 heteroatoms. The predicted molar refractivity (Wildman–Crippen MR) is 55.0 cm³/mol. The molecule has 0 radical (unpaired) electrons. The van der Waals surface area contributed by atoms with E-state index in [1.807, 2.05) is 0 Å². The molecular formula is C7H7F5N4OS. The molecule has 18 heavy (non-hydrogen) atoms. The molecule has 0 bridgehead atoms. The molecule has 1 aromatic carbocycles. The number of carbonyl (C=O) groups is 1. The van der Waals surface area contributed by atoms with Crippen molar-refractivity contribution in [1.29, 1.82) is 5.53 Å². The molecule has 0 aliphatic carbocycles. The minimum absolute atomic E-state index is 0.00432. The fourth-order valence-electron chi connectivity index (χ4n) is 1.09. The van der Waals surface area contributed by atoms with Gasteiger partial charge in [0.1, 0.15) is 4.90 Å². The van der Waals surface area contributed by atoms with Crippen LogP contribution in [0.5, 0.6) is 0 Å². The van der Waals surface area contributed by atoms with E-state index in [0.717, 1.165) is 6.07 Å². The van der Waals surface area contributed by atoms with Gasteiger partial charge in [-0.3, -0.25) is 0 Å². The SMILES string of the molecule is N=NN(C(N)=O)c1cccc(S(F)(F)(F)(F)F)c1. The van der Waals surface area contributed by atoms with Crippen LogP contribution in [0.15, 0.2) is 34.4 Å². The van der Waals surface area contributed by atoms with Gasteiger partial charge in [0.25, 0.3) is 0 Å². The Hall–Kier alpha value is -1.91. The number of nitrogens with two attached hydrogens (primary N) is 1. The van der Waals surface area contributed by atoms with Crippen molar-refractivity contribution in [2.45, 2.75) is 4.90 Å². The van der Waals surface area contributed by atoms with Gasteiger partial charge in [-0.15, -0.1) is 0 Å². The minimum Gasteiger partial charge on any atom is -0.350 e. The molecule has 0 aliphatic rings. The smallest absolute Gasteiger partial charge is 0.341 e. The summed E-state index contributed by atoms with van der Waals surface area (Å²) in [5, 5.41) is 2.58. The average molecular weight is 290 g/mol. The fraction of sp³-hybridized carbons (Fsp3) is 0. The summed E-state index contributed by atoms with van der Waals surface area (Å²) in [6.45, 7) is 0. The molecular weight excluding hydrogens is 283 g/mol. The average Bonchev–Trinajstić information content (AvgIpc) is 2.15. The number of anilines is 1. The monoisotopic (exact) mass is 290 g/mol. The Balaban J connectivity index is 3.41. The van der Waals surface area contributed by atoms with Crippen molar-refractivity contribution in [2.75, 3.05) is 5.01 Å². The minimum atomic E-state index is -9.85. The number of primary amides is 1. The molecule has 0 aromatic heterocycles. The van der Waals surface area contributed by atoms with Gasteiger partial charge in [0, 0.05) is 0 Å². The van der Waals surface area contributed by atoms with Crippen LogP contribution in [0.2, 0.25) is 0 Å². The van der Waals surface area contributed by atoms with E-state index in [9.17, 15) is 24.2 Å². The maximum atomic E-state index is 12.5. The summed E-state index contributed by atoms with van der Waals surface area (Å²) in [7, 11) is -9.85. The van der Waals surface area contributed by atoms with Gasteiger partial charge in [-0.25, -0.2) is 4.79 Å². The number of carbonyl (C=O) groups excluding carboxylic acids is 1. The van der Waals surface area contributed by atoms with Gasteiger partial charge in [-0.2, -0.15) is 10.5 Å². The third-order valence-electron chi connectivity index (χ3n) is 1.82. The van der Waals surface area contributed by atoms with Gasteiger partial charge >= 0.3 is 16.3 Å². The molecule has 0 spiro atoms. The van der Waals surface area contributed by atoms with Crippen LogP contribution in [0.3, 0.4) is 0 Å². The number of hydrogen-bond acceptors (Lipinski definition) is 3. The van der Waals surface area contributed by atoms with Gasteiger partial charge < -0.3 is 5.73 Å². The van der Waals surface area contributed by atoms with Crippen LogP contribution in [0.25, 0.3) is 0 Å². The summed E-state index contributed by atoms with van der Waals surface area (Å²) in [5.41, 5.74) is 10.6. The highest BCUT2D eigenvalue weighted by atomic mass is 32.5. The van der Waals surface area contributed by atoms with Crippen LogP contribution in [-0.2, 0) is 0 Å². The lowest BCUT2D eigenvalue weighted by molar-refractivity contribution is 0.253. The number of halogens is 5. The van der Waals surface area contributed by atoms with Crippen molar-refractivity contribution in [1.82, 2.24) is 0 Å². The molecule has 0 aliphatic heterocycles. The van der Waals surface area contributed by atoms with Crippen LogP contribution in [-0.4, -0.2) is 6.03 Å². The molecule has 0 unspecified atom stereocenters. The zero-order chi connectivity index (χ0) is 14.3. The molecule has 0 saturated heterocycles. The van der Waals surface area contributed by atoms with Crippen molar-refractivity contribution >= 4 is 21.9 Å². The van der Waals surface area contributed by atoms with E-state index >= 15 is 0 Å². The van der Waals surface area contributed by atoms with Crippen molar-refractivity contribution in [2.24, 2.45) is 11.0 Å². The van der Waals surface area contributed by atoms with E-state index in [4.69, 9.17) is 11.3 Å². The van der Waals surface area contributed by atoms with Gasteiger partial charge in [0.05, 0.1) is 5.69 Å². The van der Waals surface area contributed by atoms with E-state index in [0.29, 0.717) is 6.07 Å². The van der Waals surface area contributed by atoms with E-state index < -0.39 is 26.8 Å². The summed E-state index contributed by atoms with van der Waals surface area (Å²) in [4.78, 5) is 8.53. The van der Waals surface area contributed by atoms with Crippen LogP contribution in [0.4, 0.5) is 29.9 Å². The third-order valence-corrected chi connectivity index (χ3v) is 2.96. The van der Waals surface area contributed by atoms with Crippen molar-refractivity contribution in [3.05, 3.63) is 24.3 Å². The number of nitrogens with zero attached hydrogens (tertiary/aromatic N) is 2. The number of benzene rings is 1. The molecule has 1 rings (SSSR count). The van der Waals surface area contributed by atoms with Gasteiger partial charge in [0.15, 0.2) is 0 Å². The number of hydrogen-bond donors (Lipinski definition) is 2. The summed E-state index contributed by atoms with van der Waals surface area (Å²) in [5.74, 6) is 0. The Morgan fingerprint density at radius 3 is 2.22 bits per heavy atom. The molecule has 0 saturated carbocycles. The highest BCUT2D eigenvalue weighted by Crippen LogP contribution is 3.02. The second-order valence-electron chi connectivity index (χ2n) is 3.22. The summed E-state index contributed by atoms with van der Waals surface area (Å²) in [6.07, 6.45) is 0. The fourth-order valence-corrected chi connectivity index (χ4v) is 1.77. The molecule has 5 nitrogen and oxygen atoms in total. The first-order chi connectivity index (χ1) is 7.85. The summed E-state index contributed by atoms with van der Waals surface area (Å²) in [6, 6.07) is 0.335. The summed E-state index contributed by atoms with van der Waals surface area (Å²) >= 11 is 0. The van der Waals surface area contributed by atoms with E-state index in [1.165, 1.54) is 0 Å². The molecule has 0 atom stereocenters. The first kappa shape index (κ1) is 14.2. The number of rotatable bonds is 3. The van der Waals surface area contributed by atoms with Crippen molar-refractivity contribution in [3.63, 3.8) is 0 Å². The maximum absolute atomic E-state index is 12.5. The highest BCUT2D eigenvalue weighted by Gasteiger charge is 2.65. The highest BCUT2D eigenvalue weighted by molar-refractivity contribution is 8.45. The topological polar surface area (TPSA) is 82.5 Å². The molecule has 0 heterocycles.